The Balaban J connectivity index is 2.08. The van der Waals surface area contributed by atoms with Crippen LogP contribution in [0.3, 0.4) is 0 Å². The number of rotatable bonds is 3. The summed E-state index contributed by atoms with van der Waals surface area (Å²) in [5, 5.41) is 0.567. The zero-order valence-electron chi connectivity index (χ0n) is 11.7. The van der Waals surface area contributed by atoms with E-state index in [1.54, 1.807) is 6.92 Å². The van der Waals surface area contributed by atoms with E-state index >= 15 is 0 Å². The molecule has 1 heterocycles. The summed E-state index contributed by atoms with van der Waals surface area (Å²) in [5.41, 5.74) is 1.23. The Kier molecular flexibility index (Phi) is 3.87. The van der Waals surface area contributed by atoms with Crippen LogP contribution in [0.1, 0.15) is 5.56 Å². The predicted octanol–water partition coefficient (Wildman–Crippen LogP) is 3.54. The highest BCUT2D eigenvalue weighted by Crippen LogP contribution is 2.29. The summed E-state index contributed by atoms with van der Waals surface area (Å²) >= 11 is 11.8. The van der Waals surface area contributed by atoms with Crippen LogP contribution in [0.5, 0.6) is 0 Å². The number of aromatic nitrogens is 1. The zero-order valence-corrected chi connectivity index (χ0v) is 14.0. The fraction of sp³-hybridized carbons (Fsp3) is 0.0714. The van der Waals surface area contributed by atoms with E-state index < -0.39 is 15.8 Å². The molecule has 1 aromatic heterocycles. The number of anilines is 1. The van der Waals surface area contributed by atoms with Gasteiger partial charge in [-0.05, 0) is 36.8 Å². The third kappa shape index (κ3) is 3.08. The van der Waals surface area contributed by atoms with Gasteiger partial charge in [0, 0.05) is 11.1 Å². The molecule has 3 rings (SSSR count). The lowest BCUT2D eigenvalue weighted by Crippen LogP contribution is -2.14. The lowest BCUT2D eigenvalue weighted by molar-refractivity contribution is 0.554. The van der Waals surface area contributed by atoms with Gasteiger partial charge < -0.3 is 4.42 Å². The van der Waals surface area contributed by atoms with Gasteiger partial charge in [-0.15, -0.1) is 0 Å². The van der Waals surface area contributed by atoms with Gasteiger partial charge in [-0.25, -0.2) is 13.2 Å². The maximum atomic E-state index is 12.6. The first-order valence-corrected chi connectivity index (χ1v) is 8.61. The van der Waals surface area contributed by atoms with E-state index in [-0.39, 0.29) is 21.2 Å². The molecule has 3 aromatic rings. The van der Waals surface area contributed by atoms with Crippen molar-refractivity contribution in [2.75, 3.05) is 4.72 Å². The van der Waals surface area contributed by atoms with E-state index in [1.807, 2.05) is 0 Å². The quantitative estimate of drug-likeness (QED) is 0.735. The Morgan fingerprint density at radius 1 is 1.17 bits per heavy atom. The Hall–Kier alpha value is -1.96. The molecule has 0 amide bonds. The molecule has 0 saturated carbocycles. The summed E-state index contributed by atoms with van der Waals surface area (Å²) in [6.45, 7) is 1.61. The number of aromatic amines is 1. The van der Waals surface area contributed by atoms with Gasteiger partial charge in [0.15, 0.2) is 5.58 Å². The lowest BCUT2D eigenvalue weighted by Gasteiger charge is -2.11. The largest absolute Gasteiger partial charge is 0.417 e. The van der Waals surface area contributed by atoms with Crippen LogP contribution in [0.15, 0.2) is 44.4 Å². The van der Waals surface area contributed by atoms with Gasteiger partial charge >= 0.3 is 5.76 Å². The van der Waals surface area contributed by atoms with Gasteiger partial charge in [0.2, 0.25) is 0 Å². The Labute approximate surface area is 141 Å². The zero-order chi connectivity index (χ0) is 16.8. The van der Waals surface area contributed by atoms with Crippen LogP contribution < -0.4 is 10.5 Å². The Bertz CT molecular complexity index is 1070. The standard InChI is InChI=1S/C14H10Cl2N2O4S/c1-7-4-11-12(22-14(19)17-11)6-13(7)23(20,21)18-10-3-2-8(15)5-9(10)16/h2-6,18H,1H3,(H,17,19). The lowest BCUT2D eigenvalue weighted by atomic mass is 10.2. The number of hydrogen-bond donors (Lipinski definition) is 2. The monoisotopic (exact) mass is 372 g/mol. The van der Waals surface area contributed by atoms with E-state index in [9.17, 15) is 13.2 Å². The molecule has 2 aromatic carbocycles. The van der Waals surface area contributed by atoms with Crippen molar-refractivity contribution in [1.29, 1.82) is 0 Å². The predicted molar refractivity (Wildman–Crippen MR) is 88.8 cm³/mol. The van der Waals surface area contributed by atoms with Crippen molar-refractivity contribution in [1.82, 2.24) is 4.98 Å². The SMILES string of the molecule is Cc1cc2[nH]c(=O)oc2cc1S(=O)(=O)Nc1ccc(Cl)cc1Cl. The molecule has 0 bridgehead atoms. The molecule has 0 spiro atoms. The first kappa shape index (κ1) is 15.9. The highest BCUT2D eigenvalue weighted by Gasteiger charge is 2.20. The van der Waals surface area contributed by atoms with E-state index in [0.29, 0.717) is 16.1 Å². The van der Waals surface area contributed by atoms with E-state index in [0.717, 1.165) is 0 Å². The number of benzene rings is 2. The molecule has 0 saturated heterocycles. The van der Waals surface area contributed by atoms with Crippen molar-refractivity contribution in [2.24, 2.45) is 0 Å². The van der Waals surface area contributed by atoms with Gasteiger partial charge in [-0.2, -0.15) is 0 Å². The number of hydrogen-bond acceptors (Lipinski definition) is 4. The normalized spacial score (nSPS) is 11.8. The fourth-order valence-electron chi connectivity index (χ4n) is 2.15. The molecule has 0 radical (unpaired) electrons. The first-order chi connectivity index (χ1) is 10.8. The molecule has 0 aliphatic rings. The summed E-state index contributed by atoms with van der Waals surface area (Å²) in [6.07, 6.45) is 0. The smallest absolute Gasteiger partial charge is 0.408 e. The average Bonchev–Trinajstić information content (AvgIpc) is 2.80. The third-order valence-corrected chi connectivity index (χ3v) is 5.24. The molecule has 6 nitrogen and oxygen atoms in total. The van der Waals surface area contributed by atoms with Gasteiger partial charge in [0.05, 0.1) is 21.1 Å². The van der Waals surface area contributed by atoms with Crippen molar-refractivity contribution in [3.05, 3.63) is 56.5 Å². The molecule has 0 atom stereocenters. The van der Waals surface area contributed by atoms with Crippen molar-refractivity contribution in [3.63, 3.8) is 0 Å². The minimum absolute atomic E-state index is 0.0150. The van der Waals surface area contributed by atoms with E-state index in [2.05, 4.69) is 9.71 Å². The van der Waals surface area contributed by atoms with Gasteiger partial charge in [-0.3, -0.25) is 9.71 Å². The molecule has 0 unspecified atom stereocenters. The minimum atomic E-state index is -3.92. The van der Waals surface area contributed by atoms with Crippen LogP contribution in [0.2, 0.25) is 10.0 Å². The second-order valence-corrected chi connectivity index (χ2v) is 7.35. The highest BCUT2D eigenvalue weighted by molar-refractivity contribution is 7.92. The Morgan fingerprint density at radius 2 is 1.91 bits per heavy atom. The summed E-state index contributed by atoms with van der Waals surface area (Å²) in [5.74, 6) is -0.650. The van der Waals surface area contributed by atoms with Gasteiger partial charge in [0.1, 0.15) is 0 Å². The molecule has 23 heavy (non-hydrogen) atoms. The summed E-state index contributed by atoms with van der Waals surface area (Å²) in [7, 11) is -3.92. The topological polar surface area (TPSA) is 92.2 Å². The maximum Gasteiger partial charge on any atom is 0.417 e. The molecular weight excluding hydrogens is 363 g/mol. The second-order valence-electron chi connectivity index (χ2n) is 4.86. The molecule has 0 fully saturated rings. The number of aryl methyl sites for hydroxylation is 1. The summed E-state index contributed by atoms with van der Waals surface area (Å²) in [4.78, 5) is 13.7. The molecule has 0 aliphatic carbocycles. The number of fused-ring (bicyclic) bond motifs is 1. The van der Waals surface area contributed by atoms with Crippen molar-refractivity contribution >= 4 is 50.0 Å². The Morgan fingerprint density at radius 3 is 2.61 bits per heavy atom. The number of H-pyrrole nitrogens is 1. The van der Waals surface area contributed by atoms with E-state index in [4.69, 9.17) is 27.6 Å². The summed E-state index contributed by atoms with van der Waals surface area (Å²) < 4.78 is 32.5. The van der Waals surface area contributed by atoms with Crippen LogP contribution in [0, 0.1) is 6.92 Å². The number of halogens is 2. The van der Waals surface area contributed by atoms with E-state index in [1.165, 1.54) is 30.3 Å². The number of sulfonamides is 1. The van der Waals surface area contributed by atoms with Crippen LogP contribution in [-0.2, 0) is 10.0 Å². The van der Waals surface area contributed by atoms with Crippen molar-refractivity contribution < 1.29 is 12.8 Å². The molecule has 9 heteroatoms. The molecule has 120 valence electrons. The fourth-order valence-corrected chi connectivity index (χ4v) is 3.98. The van der Waals surface area contributed by atoms with Gasteiger partial charge in [-0.1, -0.05) is 23.2 Å². The maximum absolute atomic E-state index is 12.6. The summed E-state index contributed by atoms with van der Waals surface area (Å²) in [6, 6.07) is 7.23. The van der Waals surface area contributed by atoms with Gasteiger partial charge in [0.25, 0.3) is 10.0 Å². The van der Waals surface area contributed by atoms with Crippen molar-refractivity contribution in [3.8, 4) is 0 Å². The second kappa shape index (κ2) is 5.59. The van der Waals surface area contributed by atoms with Crippen molar-refractivity contribution in [2.45, 2.75) is 11.8 Å². The molecular formula is C14H10Cl2N2O4S. The number of oxazole rings is 1. The van der Waals surface area contributed by atoms with Crippen LogP contribution >= 0.6 is 23.2 Å². The third-order valence-electron chi connectivity index (χ3n) is 3.18. The molecule has 2 N–H and O–H groups in total. The molecule has 0 aliphatic heterocycles. The average molecular weight is 373 g/mol. The van der Waals surface area contributed by atoms with Crippen LogP contribution in [0.25, 0.3) is 11.1 Å². The van der Waals surface area contributed by atoms with Crippen LogP contribution in [-0.4, -0.2) is 13.4 Å². The number of nitrogens with one attached hydrogen (secondary N) is 2. The first-order valence-electron chi connectivity index (χ1n) is 6.37. The minimum Gasteiger partial charge on any atom is -0.408 e. The highest BCUT2D eigenvalue weighted by atomic mass is 35.5. The van der Waals surface area contributed by atoms with Crippen LogP contribution in [0.4, 0.5) is 5.69 Å².